The van der Waals surface area contributed by atoms with Crippen LogP contribution in [0.3, 0.4) is 0 Å². The first-order valence-corrected chi connectivity index (χ1v) is 10.7. The van der Waals surface area contributed by atoms with Gasteiger partial charge >= 0.3 is 0 Å². The molecule has 0 unspecified atom stereocenters. The van der Waals surface area contributed by atoms with E-state index in [-0.39, 0.29) is 23.3 Å². The van der Waals surface area contributed by atoms with Crippen molar-refractivity contribution < 1.29 is 18.0 Å². The first kappa shape index (κ1) is 22.7. The fourth-order valence-electron chi connectivity index (χ4n) is 4.54. The van der Waals surface area contributed by atoms with Crippen LogP contribution in [0.5, 0.6) is 0 Å². The molecule has 2 heterocycles. The van der Waals surface area contributed by atoms with Gasteiger partial charge < -0.3 is 16.8 Å². The van der Waals surface area contributed by atoms with Crippen LogP contribution in [0.4, 0.5) is 24.5 Å². The van der Waals surface area contributed by atoms with E-state index >= 15 is 0 Å². The Morgan fingerprint density at radius 3 is 2.52 bits per heavy atom. The average Bonchev–Trinajstić information content (AvgIpc) is 2.74. The van der Waals surface area contributed by atoms with E-state index in [1.165, 1.54) is 6.20 Å². The number of amides is 1. The van der Waals surface area contributed by atoms with Gasteiger partial charge in [-0.05, 0) is 54.9 Å². The summed E-state index contributed by atoms with van der Waals surface area (Å²) in [5, 5.41) is 2.73. The summed E-state index contributed by atoms with van der Waals surface area (Å²) >= 11 is 0. The van der Waals surface area contributed by atoms with Gasteiger partial charge in [-0.25, -0.2) is 18.2 Å². The van der Waals surface area contributed by atoms with Crippen LogP contribution >= 0.6 is 0 Å². The Balaban J connectivity index is 1.68. The van der Waals surface area contributed by atoms with Crippen molar-refractivity contribution >= 4 is 17.3 Å². The molecule has 2 aromatic heterocycles. The van der Waals surface area contributed by atoms with E-state index < -0.39 is 34.6 Å². The van der Waals surface area contributed by atoms with Gasteiger partial charge in [0.15, 0.2) is 11.5 Å². The van der Waals surface area contributed by atoms with Crippen LogP contribution in [-0.2, 0) is 0 Å². The SMILES string of the molecule is C[C@@H]1C[C@@H](N)C[C@H](c2ccncc2NC(=O)c2nc(-c3c(F)cccc3F)c(F)cc2N)C1. The smallest absolute Gasteiger partial charge is 0.276 e. The maximum atomic E-state index is 14.5. The predicted octanol–water partition coefficient (Wildman–Crippen LogP) is 4.63. The lowest BCUT2D eigenvalue weighted by Gasteiger charge is -2.32. The maximum Gasteiger partial charge on any atom is 0.276 e. The Labute approximate surface area is 189 Å². The third kappa shape index (κ3) is 4.68. The molecule has 1 aromatic carbocycles. The van der Waals surface area contributed by atoms with E-state index in [0.717, 1.165) is 49.1 Å². The van der Waals surface area contributed by atoms with Gasteiger partial charge in [0, 0.05) is 18.3 Å². The highest BCUT2D eigenvalue weighted by Gasteiger charge is 2.28. The van der Waals surface area contributed by atoms with Gasteiger partial charge in [0.05, 0.1) is 23.1 Å². The third-order valence-corrected chi connectivity index (χ3v) is 5.94. The lowest BCUT2D eigenvalue weighted by molar-refractivity contribution is 0.102. The molecular formula is C24H24F3N5O. The number of carbonyl (C=O) groups excluding carboxylic acids is 1. The quantitative estimate of drug-likeness (QED) is 0.532. The molecule has 9 heteroatoms. The van der Waals surface area contributed by atoms with E-state index in [4.69, 9.17) is 11.5 Å². The minimum Gasteiger partial charge on any atom is -0.397 e. The van der Waals surface area contributed by atoms with Crippen LogP contribution in [-0.4, -0.2) is 21.9 Å². The van der Waals surface area contributed by atoms with Gasteiger partial charge in [-0.3, -0.25) is 9.78 Å². The standard InChI is InChI=1S/C24H24F3N5O/c1-12-7-13(9-14(28)8-12)15-5-6-30-11-20(15)31-24(33)23-19(29)10-18(27)22(32-23)21-16(25)3-2-4-17(21)26/h2-6,10-14H,7-9,28-29H2,1H3,(H,31,33)/t12-,13+,14+/m0/s1. The Kier molecular flexibility index (Phi) is 6.33. The molecule has 5 N–H and O–H groups in total. The molecule has 172 valence electrons. The van der Waals surface area contributed by atoms with Gasteiger partial charge in [0.1, 0.15) is 17.3 Å². The van der Waals surface area contributed by atoms with E-state index in [1.807, 2.05) is 6.07 Å². The fraction of sp³-hybridized carbons (Fsp3) is 0.292. The highest BCUT2D eigenvalue weighted by Crippen LogP contribution is 2.38. The number of hydrogen-bond acceptors (Lipinski definition) is 5. The van der Waals surface area contributed by atoms with Crippen LogP contribution in [0, 0.1) is 23.4 Å². The molecule has 1 saturated carbocycles. The van der Waals surface area contributed by atoms with Crippen LogP contribution in [0.1, 0.15) is 48.2 Å². The molecule has 6 nitrogen and oxygen atoms in total. The summed E-state index contributed by atoms with van der Waals surface area (Å²) < 4.78 is 43.0. The summed E-state index contributed by atoms with van der Waals surface area (Å²) in [4.78, 5) is 21.0. The predicted molar refractivity (Wildman–Crippen MR) is 120 cm³/mol. The molecule has 1 aliphatic rings. The second kappa shape index (κ2) is 9.19. The second-order valence-electron chi connectivity index (χ2n) is 8.54. The molecule has 0 bridgehead atoms. The van der Waals surface area contributed by atoms with Gasteiger partial charge in [-0.15, -0.1) is 0 Å². The van der Waals surface area contributed by atoms with Crippen LogP contribution in [0.15, 0.2) is 42.7 Å². The first-order chi connectivity index (χ1) is 15.7. The topological polar surface area (TPSA) is 107 Å². The second-order valence-corrected chi connectivity index (χ2v) is 8.54. The Morgan fingerprint density at radius 2 is 1.82 bits per heavy atom. The summed E-state index contributed by atoms with van der Waals surface area (Å²) in [6.45, 7) is 2.14. The average molecular weight is 455 g/mol. The highest BCUT2D eigenvalue weighted by molar-refractivity contribution is 6.06. The number of pyridine rings is 2. The zero-order valence-corrected chi connectivity index (χ0v) is 18.0. The van der Waals surface area contributed by atoms with Crippen molar-refractivity contribution in [1.29, 1.82) is 0 Å². The lowest BCUT2D eigenvalue weighted by Crippen LogP contribution is -2.31. The van der Waals surface area contributed by atoms with E-state index in [1.54, 1.807) is 6.20 Å². The molecule has 3 aromatic rings. The Bertz CT molecular complexity index is 1170. The Hall–Kier alpha value is -3.46. The number of aromatic nitrogens is 2. The largest absolute Gasteiger partial charge is 0.397 e. The normalized spacial score (nSPS) is 20.5. The molecule has 0 spiro atoms. The van der Waals surface area contributed by atoms with Crippen molar-refractivity contribution in [3.8, 4) is 11.3 Å². The van der Waals surface area contributed by atoms with Crippen LogP contribution < -0.4 is 16.8 Å². The third-order valence-electron chi connectivity index (χ3n) is 5.94. The van der Waals surface area contributed by atoms with Gasteiger partial charge in [-0.1, -0.05) is 13.0 Å². The zero-order chi connectivity index (χ0) is 23.7. The fourth-order valence-corrected chi connectivity index (χ4v) is 4.54. The summed E-state index contributed by atoms with van der Waals surface area (Å²) in [7, 11) is 0. The first-order valence-electron chi connectivity index (χ1n) is 10.7. The van der Waals surface area contributed by atoms with E-state index in [0.29, 0.717) is 11.6 Å². The highest BCUT2D eigenvalue weighted by atomic mass is 19.1. The number of nitrogens with two attached hydrogens (primary N) is 2. The van der Waals surface area contributed by atoms with Crippen molar-refractivity contribution in [2.24, 2.45) is 11.7 Å². The Morgan fingerprint density at radius 1 is 1.09 bits per heavy atom. The van der Waals surface area contributed by atoms with Crippen LogP contribution in [0.2, 0.25) is 0 Å². The zero-order valence-electron chi connectivity index (χ0n) is 18.0. The minimum atomic E-state index is -1.04. The summed E-state index contributed by atoms with van der Waals surface area (Å²) in [5.41, 5.74) is 11.5. The number of carbonyl (C=O) groups is 1. The van der Waals surface area contributed by atoms with Gasteiger partial charge in [-0.2, -0.15) is 0 Å². The van der Waals surface area contributed by atoms with Gasteiger partial charge in [0.2, 0.25) is 0 Å². The van der Waals surface area contributed by atoms with Crippen LogP contribution in [0.25, 0.3) is 11.3 Å². The number of nitrogens with one attached hydrogen (secondary N) is 1. The molecule has 4 rings (SSSR count). The van der Waals surface area contributed by atoms with E-state index in [9.17, 15) is 18.0 Å². The molecule has 0 radical (unpaired) electrons. The number of hydrogen-bond donors (Lipinski definition) is 3. The summed E-state index contributed by atoms with van der Waals surface area (Å²) in [5.74, 6) is -3.23. The molecule has 0 saturated heterocycles. The number of anilines is 2. The molecular weight excluding hydrogens is 431 g/mol. The molecule has 3 atom stereocenters. The monoisotopic (exact) mass is 455 g/mol. The van der Waals surface area contributed by atoms with Crippen molar-refractivity contribution in [3.63, 3.8) is 0 Å². The van der Waals surface area contributed by atoms with Gasteiger partial charge in [0.25, 0.3) is 5.91 Å². The van der Waals surface area contributed by atoms with E-state index in [2.05, 4.69) is 22.2 Å². The van der Waals surface area contributed by atoms with Crippen molar-refractivity contribution in [1.82, 2.24) is 9.97 Å². The maximum absolute atomic E-state index is 14.5. The lowest BCUT2D eigenvalue weighted by atomic mass is 9.76. The number of rotatable bonds is 4. The van der Waals surface area contributed by atoms with Crippen molar-refractivity contribution in [2.75, 3.05) is 11.1 Å². The number of halogens is 3. The minimum absolute atomic E-state index is 0.0584. The summed E-state index contributed by atoms with van der Waals surface area (Å²) in [6.07, 6.45) is 5.77. The van der Waals surface area contributed by atoms with Crippen molar-refractivity contribution in [2.45, 2.75) is 38.1 Å². The van der Waals surface area contributed by atoms with Crippen molar-refractivity contribution in [3.05, 3.63) is 71.4 Å². The number of nitrogen functional groups attached to an aromatic ring is 1. The molecule has 1 amide bonds. The summed E-state index contributed by atoms with van der Waals surface area (Å²) in [6, 6.07) is 5.82. The molecule has 1 aliphatic carbocycles. The molecule has 0 aliphatic heterocycles. The number of benzene rings is 1. The molecule has 1 fully saturated rings. The molecule has 33 heavy (non-hydrogen) atoms. The number of nitrogens with zero attached hydrogens (tertiary/aromatic N) is 2.